The van der Waals surface area contributed by atoms with Crippen LogP contribution in [-0.4, -0.2) is 18.4 Å². The van der Waals surface area contributed by atoms with Gasteiger partial charge in [-0.25, -0.2) is 0 Å². The topological polar surface area (TPSA) is 73.2 Å². The van der Waals surface area contributed by atoms with E-state index in [1.54, 1.807) is 24.3 Å². The normalized spacial score (nSPS) is 16.9. The molecule has 0 aromatic heterocycles. The predicted molar refractivity (Wildman–Crippen MR) is 91.7 cm³/mol. The van der Waals surface area contributed by atoms with Gasteiger partial charge < -0.3 is 10.2 Å². The Morgan fingerprint density at radius 3 is 2.30 bits per heavy atom. The second-order valence-corrected chi connectivity index (χ2v) is 6.13. The van der Waals surface area contributed by atoms with E-state index in [0.29, 0.717) is 11.3 Å². The summed E-state index contributed by atoms with van der Waals surface area (Å²) in [6.07, 6.45) is -4.44. The first-order chi connectivity index (χ1) is 12.8. The highest BCUT2D eigenvalue weighted by atomic mass is 19.4. The lowest BCUT2D eigenvalue weighted by atomic mass is 10.1. The molecule has 27 heavy (non-hydrogen) atoms. The van der Waals surface area contributed by atoms with Gasteiger partial charge >= 0.3 is 6.18 Å². The number of carbonyl (C=O) groups excluding carboxylic acids is 2. The highest BCUT2D eigenvalue weighted by Gasteiger charge is 2.35. The van der Waals surface area contributed by atoms with Gasteiger partial charge in [-0.1, -0.05) is 0 Å². The van der Waals surface area contributed by atoms with E-state index in [0.717, 1.165) is 12.1 Å². The molecule has 2 aromatic carbocycles. The van der Waals surface area contributed by atoms with Crippen LogP contribution in [0, 0.1) is 17.2 Å². The van der Waals surface area contributed by atoms with Crippen molar-refractivity contribution in [2.75, 3.05) is 16.8 Å². The van der Waals surface area contributed by atoms with Crippen molar-refractivity contribution in [1.82, 2.24) is 0 Å². The van der Waals surface area contributed by atoms with Gasteiger partial charge in [0.25, 0.3) is 0 Å². The van der Waals surface area contributed by atoms with Crippen LogP contribution in [0.15, 0.2) is 48.5 Å². The molecule has 1 fully saturated rings. The smallest absolute Gasteiger partial charge is 0.326 e. The predicted octanol–water partition coefficient (Wildman–Crippen LogP) is 3.57. The SMILES string of the molecule is N#Cc1ccc(N2CC(C(=O)Nc3ccc(C(F)(F)F)cc3)CC2=O)cc1. The van der Waals surface area contributed by atoms with Crippen molar-refractivity contribution in [3.05, 3.63) is 59.7 Å². The van der Waals surface area contributed by atoms with Crippen LogP contribution in [0.5, 0.6) is 0 Å². The summed E-state index contributed by atoms with van der Waals surface area (Å²) < 4.78 is 37.7. The third-order valence-electron chi connectivity index (χ3n) is 4.28. The number of benzene rings is 2. The molecule has 1 unspecified atom stereocenters. The Balaban J connectivity index is 1.66. The molecule has 3 rings (SSSR count). The molecule has 8 heteroatoms. The quantitative estimate of drug-likeness (QED) is 0.894. The van der Waals surface area contributed by atoms with E-state index in [1.165, 1.54) is 17.0 Å². The average Bonchev–Trinajstić information content (AvgIpc) is 3.03. The highest BCUT2D eigenvalue weighted by molar-refractivity contribution is 6.03. The van der Waals surface area contributed by atoms with Gasteiger partial charge in [-0.05, 0) is 48.5 Å². The summed E-state index contributed by atoms with van der Waals surface area (Å²) >= 11 is 0. The fraction of sp³-hybridized carbons (Fsp3) is 0.211. The lowest BCUT2D eigenvalue weighted by Crippen LogP contribution is -2.28. The number of amides is 2. The van der Waals surface area contributed by atoms with Crippen molar-refractivity contribution < 1.29 is 22.8 Å². The number of nitrogens with zero attached hydrogens (tertiary/aromatic N) is 2. The van der Waals surface area contributed by atoms with Crippen molar-refractivity contribution in [1.29, 1.82) is 5.26 Å². The van der Waals surface area contributed by atoms with E-state index in [4.69, 9.17) is 5.26 Å². The summed E-state index contributed by atoms with van der Waals surface area (Å²) in [4.78, 5) is 26.0. The summed E-state index contributed by atoms with van der Waals surface area (Å²) in [5, 5.41) is 11.4. The summed E-state index contributed by atoms with van der Waals surface area (Å²) in [6.45, 7) is 0.164. The van der Waals surface area contributed by atoms with Crippen molar-refractivity contribution in [2.45, 2.75) is 12.6 Å². The first-order valence-electron chi connectivity index (χ1n) is 8.06. The zero-order chi connectivity index (χ0) is 19.6. The zero-order valence-corrected chi connectivity index (χ0v) is 14.0. The number of hydrogen-bond acceptors (Lipinski definition) is 3. The molecule has 0 spiro atoms. The summed E-state index contributed by atoms with van der Waals surface area (Å²) in [5.41, 5.74) is 0.478. The van der Waals surface area contributed by atoms with Crippen LogP contribution in [0.25, 0.3) is 0 Å². The lowest BCUT2D eigenvalue weighted by Gasteiger charge is -2.17. The van der Waals surface area contributed by atoms with E-state index in [-0.39, 0.29) is 24.6 Å². The minimum atomic E-state index is -4.44. The molecule has 0 bridgehead atoms. The molecule has 1 atom stereocenters. The molecule has 2 aromatic rings. The molecule has 138 valence electrons. The molecule has 0 radical (unpaired) electrons. The van der Waals surface area contributed by atoms with Gasteiger partial charge in [-0.2, -0.15) is 18.4 Å². The Bertz CT molecular complexity index is 900. The fourth-order valence-corrected chi connectivity index (χ4v) is 2.84. The molecule has 1 heterocycles. The van der Waals surface area contributed by atoms with E-state index in [2.05, 4.69) is 5.32 Å². The average molecular weight is 373 g/mol. The van der Waals surface area contributed by atoms with Gasteiger partial charge in [0.05, 0.1) is 23.1 Å². The second kappa shape index (κ2) is 7.11. The van der Waals surface area contributed by atoms with E-state index >= 15 is 0 Å². The minimum Gasteiger partial charge on any atom is -0.326 e. The summed E-state index contributed by atoms with van der Waals surface area (Å²) in [5.74, 6) is -1.28. The van der Waals surface area contributed by atoms with Crippen molar-refractivity contribution in [2.24, 2.45) is 5.92 Å². The number of alkyl halides is 3. The van der Waals surface area contributed by atoms with Crippen molar-refractivity contribution in [3.8, 4) is 6.07 Å². The van der Waals surface area contributed by atoms with E-state index in [9.17, 15) is 22.8 Å². The molecular weight excluding hydrogens is 359 g/mol. The first-order valence-corrected chi connectivity index (χ1v) is 8.06. The van der Waals surface area contributed by atoms with Gasteiger partial charge in [0, 0.05) is 24.3 Å². The third kappa shape index (κ3) is 4.08. The number of nitriles is 1. The fourth-order valence-electron chi connectivity index (χ4n) is 2.84. The van der Waals surface area contributed by atoms with Crippen LogP contribution in [0.3, 0.4) is 0 Å². The molecular formula is C19H14F3N3O2. The maximum atomic E-state index is 12.6. The van der Waals surface area contributed by atoms with Crippen LogP contribution < -0.4 is 10.2 Å². The zero-order valence-electron chi connectivity index (χ0n) is 14.0. The number of halogens is 3. The molecule has 0 saturated carbocycles. The molecule has 1 N–H and O–H groups in total. The van der Waals surface area contributed by atoms with E-state index in [1.807, 2.05) is 6.07 Å². The van der Waals surface area contributed by atoms with Gasteiger partial charge in [0.1, 0.15) is 0 Å². The van der Waals surface area contributed by atoms with Crippen molar-refractivity contribution in [3.63, 3.8) is 0 Å². The van der Waals surface area contributed by atoms with Gasteiger partial charge in [-0.15, -0.1) is 0 Å². The van der Waals surface area contributed by atoms with Crippen LogP contribution in [0.2, 0.25) is 0 Å². The Morgan fingerprint density at radius 2 is 1.74 bits per heavy atom. The summed E-state index contributed by atoms with van der Waals surface area (Å²) in [6, 6.07) is 12.5. The lowest BCUT2D eigenvalue weighted by molar-refractivity contribution is -0.137. The number of anilines is 2. The Morgan fingerprint density at radius 1 is 1.11 bits per heavy atom. The number of nitrogens with one attached hydrogen (secondary N) is 1. The van der Waals surface area contributed by atoms with Crippen LogP contribution in [0.1, 0.15) is 17.5 Å². The molecule has 2 amide bonds. The number of carbonyl (C=O) groups is 2. The van der Waals surface area contributed by atoms with Crippen molar-refractivity contribution >= 4 is 23.2 Å². The third-order valence-corrected chi connectivity index (χ3v) is 4.28. The Kier molecular flexibility index (Phi) is 4.86. The number of rotatable bonds is 3. The molecule has 1 aliphatic rings. The van der Waals surface area contributed by atoms with Gasteiger partial charge in [0.15, 0.2) is 0 Å². The van der Waals surface area contributed by atoms with Gasteiger partial charge in [0.2, 0.25) is 11.8 Å². The van der Waals surface area contributed by atoms with Crippen LogP contribution in [0.4, 0.5) is 24.5 Å². The largest absolute Gasteiger partial charge is 0.416 e. The molecule has 1 aliphatic heterocycles. The molecule has 1 saturated heterocycles. The maximum Gasteiger partial charge on any atom is 0.416 e. The first kappa shape index (κ1) is 18.5. The minimum absolute atomic E-state index is 0.00642. The van der Waals surface area contributed by atoms with E-state index < -0.39 is 23.6 Å². The van der Waals surface area contributed by atoms with Crippen LogP contribution >= 0.6 is 0 Å². The Labute approximate surface area is 153 Å². The van der Waals surface area contributed by atoms with Gasteiger partial charge in [-0.3, -0.25) is 9.59 Å². The standard InChI is InChI=1S/C19H14F3N3O2/c20-19(21,22)14-3-5-15(6-4-14)24-18(27)13-9-17(26)25(11-13)16-7-1-12(10-23)2-8-16/h1-8,13H,9,11H2,(H,24,27). The van der Waals surface area contributed by atoms with Crippen LogP contribution in [-0.2, 0) is 15.8 Å². The number of hydrogen-bond donors (Lipinski definition) is 1. The molecule has 0 aliphatic carbocycles. The highest BCUT2D eigenvalue weighted by Crippen LogP contribution is 2.30. The Hall–Kier alpha value is -3.34. The molecule has 5 nitrogen and oxygen atoms in total. The second-order valence-electron chi connectivity index (χ2n) is 6.13. The monoisotopic (exact) mass is 373 g/mol. The maximum absolute atomic E-state index is 12.6. The summed E-state index contributed by atoms with van der Waals surface area (Å²) in [7, 11) is 0.